The third-order valence-corrected chi connectivity index (χ3v) is 8.59. The minimum absolute atomic E-state index is 0.118. The molecule has 5 rings (SSSR count). The number of hydrogen-bond donors (Lipinski definition) is 0. The summed E-state index contributed by atoms with van der Waals surface area (Å²) in [6, 6.07) is 35.2. The molecule has 0 saturated carbocycles. The highest BCUT2D eigenvalue weighted by atomic mass is 32.2. The lowest BCUT2D eigenvalue weighted by atomic mass is 10.1. The van der Waals surface area contributed by atoms with Gasteiger partial charge in [0.15, 0.2) is 0 Å². The van der Waals surface area contributed by atoms with Gasteiger partial charge in [-0.2, -0.15) is 0 Å². The van der Waals surface area contributed by atoms with E-state index >= 15 is 0 Å². The Hall–Kier alpha value is -3.94. The van der Waals surface area contributed by atoms with Crippen molar-refractivity contribution < 1.29 is 13.2 Å². The molecule has 38 heavy (non-hydrogen) atoms. The second-order valence-corrected chi connectivity index (χ2v) is 11.2. The summed E-state index contributed by atoms with van der Waals surface area (Å²) in [5.74, 6) is -0.152. The van der Waals surface area contributed by atoms with Crippen molar-refractivity contribution in [3.05, 3.63) is 132 Å². The van der Waals surface area contributed by atoms with E-state index in [9.17, 15) is 13.2 Å². The second kappa shape index (κ2) is 11.6. The molecule has 0 atom stereocenters. The van der Waals surface area contributed by atoms with E-state index in [1.165, 1.54) is 9.87 Å². The van der Waals surface area contributed by atoms with E-state index in [4.69, 9.17) is 0 Å². The maximum Gasteiger partial charge on any atom is 0.264 e. The van der Waals surface area contributed by atoms with Crippen LogP contribution in [0.3, 0.4) is 0 Å². The van der Waals surface area contributed by atoms with E-state index in [2.05, 4.69) is 17.0 Å². The highest BCUT2D eigenvalue weighted by Crippen LogP contribution is 2.30. The zero-order valence-corrected chi connectivity index (χ0v) is 22.0. The lowest BCUT2D eigenvalue weighted by Crippen LogP contribution is -2.48. The van der Waals surface area contributed by atoms with Crippen LogP contribution in [-0.2, 0) is 23.1 Å². The fraction of sp³-hybridized carbons (Fsp3) is 0.194. The minimum Gasteiger partial charge on any atom is -0.336 e. The minimum atomic E-state index is -3.93. The maximum absolute atomic E-state index is 13.9. The third kappa shape index (κ3) is 5.79. The Morgan fingerprint density at radius 2 is 1.18 bits per heavy atom. The molecule has 0 bridgehead atoms. The number of carbonyl (C=O) groups excluding carboxylic acids is 1. The number of hydrogen-bond acceptors (Lipinski definition) is 4. The number of amides is 1. The first-order chi connectivity index (χ1) is 18.5. The van der Waals surface area contributed by atoms with Gasteiger partial charge < -0.3 is 4.90 Å². The van der Waals surface area contributed by atoms with Crippen LogP contribution in [0.2, 0.25) is 0 Å². The van der Waals surface area contributed by atoms with Crippen LogP contribution in [0.15, 0.2) is 120 Å². The van der Waals surface area contributed by atoms with Gasteiger partial charge in [-0.15, -0.1) is 0 Å². The molecule has 7 heteroatoms. The molecule has 1 heterocycles. The van der Waals surface area contributed by atoms with Gasteiger partial charge in [-0.1, -0.05) is 91.0 Å². The Kier molecular flexibility index (Phi) is 7.86. The largest absolute Gasteiger partial charge is 0.336 e. The Labute approximate surface area is 224 Å². The lowest BCUT2D eigenvalue weighted by molar-refractivity contribution is 0.0629. The van der Waals surface area contributed by atoms with Gasteiger partial charge >= 0.3 is 0 Å². The molecule has 1 saturated heterocycles. The van der Waals surface area contributed by atoms with Gasteiger partial charge in [0.25, 0.3) is 15.9 Å². The van der Waals surface area contributed by atoms with Gasteiger partial charge in [-0.3, -0.25) is 14.0 Å². The number of piperazine rings is 1. The molecule has 0 aromatic heterocycles. The Bertz CT molecular complexity index is 1450. The molecule has 1 amide bonds. The zero-order chi connectivity index (χ0) is 26.4. The average Bonchev–Trinajstić information content (AvgIpc) is 2.97. The van der Waals surface area contributed by atoms with E-state index in [0.29, 0.717) is 24.3 Å². The molecule has 0 N–H and O–H groups in total. The summed E-state index contributed by atoms with van der Waals surface area (Å²) in [5, 5.41) is 0. The van der Waals surface area contributed by atoms with Gasteiger partial charge in [-0.05, 0) is 35.4 Å². The van der Waals surface area contributed by atoms with Gasteiger partial charge in [0, 0.05) is 32.7 Å². The van der Waals surface area contributed by atoms with E-state index in [1.807, 2.05) is 53.4 Å². The van der Waals surface area contributed by atoms with Crippen LogP contribution in [-0.4, -0.2) is 50.3 Å². The van der Waals surface area contributed by atoms with Crippen LogP contribution in [0.4, 0.5) is 5.69 Å². The molecule has 0 spiro atoms. The molecule has 1 aliphatic rings. The van der Waals surface area contributed by atoms with Gasteiger partial charge in [0.1, 0.15) is 0 Å². The Morgan fingerprint density at radius 1 is 0.658 bits per heavy atom. The highest BCUT2D eigenvalue weighted by molar-refractivity contribution is 7.92. The summed E-state index contributed by atoms with van der Waals surface area (Å²) in [7, 11) is -3.93. The Morgan fingerprint density at radius 3 is 1.82 bits per heavy atom. The van der Waals surface area contributed by atoms with Crippen molar-refractivity contribution in [2.45, 2.75) is 18.0 Å². The average molecular weight is 526 g/mol. The smallest absolute Gasteiger partial charge is 0.264 e. The number of para-hydroxylation sites is 1. The summed E-state index contributed by atoms with van der Waals surface area (Å²) in [4.78, 5) is 18.1. The topological polar surface area (TPSA) is 60.9 Å². The number of benzene rings is 4. The molecule has 1 fully saturated rings. The van der Waals surface area contributed by atoms with Crippen molar-refractivity contribution in [1.29, 1.82) is 0 Å². The second-order valence-electron chi connectivity index (χ2n) is 9.38. The van der Waals surface area contributed by atoms with Crippen molar-refractivity contribution in [2.24, 2.45) is 0 Å². The van der Waals surface area contributed by atoms with Crippen LogP contribution in [0.1, 0.15) is 21.5 Å². The normalized spacial score (nSPS) is 14.3. The first-order valence-electron chi connectivity index (χ1n) is 12.8. The van der Waals surface area contributed by atoms with Gasteiger partial charge in [-0.25, -0.2) is 8.42 Å². The van der Waals surface area contributed by atoms with Crippen LogP contribution >= 0.6 is 0 Å². The first-order valence-corrected chi connectivity index (χ1v) is 14.2. The molecule has 4 aromatic carbocycles. The summed E-state index contributed by atoms with van der Waals surface area (Å²) < 4.78 is 29.2. The van der Waals surface area contributed by atoms with Crippen LogP contribution < -0.4 is 4.31 Å². The summed E-state index contributed by atoms with van der Waals surface area (Å²) >= 11 is 0. The zero-order valence-electron chi connectivity index (χ0n) is 21.2. The third-order valence-electron chi connectivity index (χ3n) is 6.81. The van der Waals surface area contributed by atoms with Gasteiger partial charge in [0.05, 0.1) is 22.7 Å². The number of rotatable bonds is 8. The molecule has 4 aromatic rings. The highest BCUT2D eigenvalue weighted by Gasteiger charge is 2.31. The number of carbonyl (C=O) groups is 1. The molecular formula is C31H31N3O3S. The molecule has 6 nitrogen and oxygen atoms in total. The van der Waals surface area contributed by atoms with Crippen molar-refractivity contribution in [3.8, 4) is 0 Å². The van der Waals surface area contributed by atoms with Crippen LogP contribution in [0, 0.1) is 0 Å². The summed E-state index contributed by atoms with van der Waals surface area (Å²) in [6.45, 7) is 3.67. The van der Waals surface area contributed by atoms with Crippen molar-refractivity contribution in [2.75, 3.05) is 30.5 Å². The standard InChI is InChI=1S/C31H31N3O3S/c35-31(33-22-20-32(21-23-33)24-26-12-4-1-5-13-26)29-18-10-11-19-30(29)34(25-27-14-6-2-7-15-27)38(36,37)28-16-8-3-9-17-28/h1-19H,20-25H2. The number of sulfonamides is 1. The molecule has 0 unspecified atom stereocenters. The number of nitrogens with zero attached hydrogens (tertiary/aromatic N) is 3. The molecular weight excluding hydrogens is 494 g/mol. The lowest BCUT2D eigenvalue weighted by Gasteiger charge is -2.35. The van der Waals surface area contributed by atoms with Gasteiger partial charge in [0.2, 0.25) is 0 Å². The molecule has 0 radical (unpaired) electrons. The predicted octanol–water partition coefficient (Wildman–Crippen LogP) is 5.04. The van der Waals surface area contributed by atoms with E-state index in [1.54, 1.807) is 54.6 Å². The van der Waals surface area contributed by atoms with Crippen molar-refractivity contribution in [1.82, 2.24) is 9.80 Å². The number of anilines is 1. The molecule has 0 aliphatic carbocycles. The summed E-state index contributed by atoms with van der Waals surface area (Å²) in [6.07, 6.45) is 0. The van der Waals surface area contributed by atoms with Crippen molar-refractivity contribution in [3.63, 3.8) is 0 Å². The Balaban J connectivity index is 1.41. The maximum atomic E-state index is 13.9. The fourth-order valence-corrected chi connectivity index (χ4v) is 6.25. The quantitative estimate of drug-likeness (QED) is 0.323. The van der Waals surface area contributed by atoms with E-state index in [0.717, 1.165) is 25.2 Å². The fourth-order valence-electron chi connectivity index (χ4n) is 4.76. The van der Waals surface area contributed by atoms with Crippen LogP contribution in [0.25, 0.3) is 0 Å². The SMILES string of the molecule is O=C(c1ccccc1N(Cc1ccccc1)S(=O)(=O)c1ccccc1)N1CCN(Cc2ccccc2)CC1. The van der Waals surface area contributed by atoms with Crippen LogP contribution in [0.5, 0.6) is 0 Å². The predicted molar refractivity (Wildman–Crippen MR) is 150 cm³/mol. The molecule has 1 aliphatic heterocycles. The van der Waals surface area contributed by atoms with E-state index < -0.39 is 10.0 Å². The summed E-state index contributed by atoms with van der Waals surface area (Å²) in [5.41, 5.74) is 2.86. The van der Waals surface area contributed by atoms with Crippen molar-refractivity contribution >= 4 is 21.6 Å². The van der Waals surface area contributed by atoms with E-state index in [-0.39, 0.29) is 17.3 Å². The first kappa shape index (κ1) is 25.7. The monoisotopic (exact) mass is 525 g/mol. The molecule has 194 valence electrons.